The van der Waals surface area contributed by atoms with Crippen LogP contribution >= 0.6 is 11.8 Å². The second-order valence-corrected chi connectivity index (χ2v) is 8.47. The number of rotatable bonds is 8. The molecule has 3 aromatic carbocycles. The monoisotopic (exact) mass is 463 g/mol. The lowest BCUT2D eigenvalue weighted by molar-refractivity contribution is -0.123. The highest BCUT2D eigenvalue weighted by Crippen LogP contribution is 2.32. The van der Waals surface area contributed by atoms with E-state index in [0.29, 0.717) is 17.3 Å². The number of ether oxygens (including phenoxy) is 2. The number of amides is 2. The van der Waals surface area contributed by atoms with Gasteiger partial charge in [0, 0.05) is 0 Å². The lowest BCUT2D eigenvalue weighted by atomic mass is 10.1. The minimum atomic E-state index is -0.357. The average molecular weight is 464 g/mol. The van der Waals surface area contributed by atoms with Crippen molar-refractivity contribution in [3.63, 3.8) is 0 Å². The van der Waals surface area contributed by atoms with Crippen molar-refractivity contribution in [3.05, 3.63) is 100 Å². The highest BCUT2D eigenvalue weighted by molar-refractivity contribution is 8.18. The summed E-state index contributed by atoms with van der Waals surface area (Å²) in [6.07, 6.45) is 1.69. The molecule has 0 bridgehead atoms. The van der Waals surface area contributed by atoms with Gasteiger partial charge >= 0.3 is 0 Å². The molecule has 168 valence electrons. The molecule has 33 heavy (non-hydrogen) atoms. The number of carbonyl (C=O) groups excluding carboxylic acids is 2. The maximum Gasteiger partial charge on any atom is 0.293 e. The quantitative estimate of drug-likeness (QED) is 0.394. The van der Waals surface area contributed by atoms with Gasteiger partial charge in [0.05, 0.1) is 11.4 Å². The van der Waals surface area contributed by atoms with Crippen LogP contribution in [-0.2, 0) is 11.4 Å². The molecule has 0 N–H and O–H groups in total. The summed E-state index contributed by atoms with van der Waals surface area (Å²) >= 11 is 0.900. The van der Waals surface area contributed by atoms with Crippen molar-refractivity contribution in [3.8, 4) is 11.5 Å². The van der Waals surface area contributed by atoms with Gasteiger partial charge < -0.3 is 9.47 Å². The maximum atomic E-state index is 13.0. The number of thioether (sulfide) groups is 1. The zero-order chi connectivity index (χ0) is 23.2. The molecule has 3 aromatic rings. The zero-order valence-corrected chi connectivity index (χ0v) is 18.8. The predicted octanol–water partition coefficient (Wildman–Crippen LogP) is 5.83. The SMILES string of the molecule is Cc1ccc(COc2ccc(/C=C3\SC(=O)N(CCOc4ccc(F)cc4)C3=O)cc2)cc1. The number of hydrogen-bond acceptors (Lipinski definition) is 5. The second kappa shape index (κ2) is 10.4. The lowest BCUT2D eigenvalue weighted by Crippen LogP contribution is -2.32. The Labute approximate surface area is 195 Å². The fourth-order valence-electron chi connectivity index (χ4n) is 3.14. The molecule has 4 rings (SSSR count). The largest absolute Gasteiger partial charge is 0.492 e. The Balaban J connectivity index is 1.31. The van der Waals surface area contributed by atoms with E-state index >= 15 is 0 Å². The van der Waals surface area contributed by atoms with E-state index in [9.17, 15) is 14.0 Å². The lowest BCUT2D eigenvalue weighted by Gasteiger charge is -2.13. The molecule has 1 aliphatic heterocycles. The third kappa shape index (κ3) is 6.02. The topological polar surface area (TPSA) is 55.8 Å². The number of benzene rings is 3. The summed E-state index contributed by atoms with van der Waals surface area (Å²) in [5.41, 5.74) is 3.08. The maximum absolute atomic E-state index is 13.0. The summed E-state index contributed by atoms with van der Waals surface area (Å²) < 4.78 is 24.3. The van der Waals surface area contributed by atoms with E-state index in [-0.39, 0.29) is 30.1 Å². The number of hydrogen-bond donors (Lipinski definition) is 0. The Morgan fingerprint density at radius 3 is 2.21 bits per heavy atom. The fraction of sp³-hybridized carbons (Fsp3) is 0.154. The first-order valence-corrected chi connectivity index (χ1v) is 11.2. The smallest absolute Gasteiger partial charge is 0.293 e. The highest BCUT2D eigenvalue weighted by Gasteiger charge is 2.34. The number of halogens is 1. The van der Waals surface area contributed by atoms with Crippen LogP contribution in [0.2, 0.25) is 0 Å². The van der Waals surface area contributed by atoms with Crippen LogP contribution in [0.25, 0.3) is 6.08 Å². The van der Waals surface area contributed by atoms with Gasteiger partial charge in [0.1, 0.15) is 30.5 Å². The van der Waals surface area contributed by atoms with E-state index < -0.39 is 0 Å². The minimum absolute atomic E-state index is 0.116. The second-order valence-electron chi connectivity index (χ2n) is 7.48. The predicted molar refractivity (Wildman–Crippen MR) is 127 cm³/mol. The van der Waals surface area contributed by atoms with Crippen LogP contribution in [0, 0.1) is 12.7 Å². The van der Waals surface area contributed by atoms with Gasteiger partial charge in [0.25, 0.3) is 11.1 Å². The summed E-state index contributed by atoms with van der Waals surface area (Å²) in [5, 5.41) is -0.341. The molecule has 1 heterocycles. The van der Waals surface area contributed by atoms with Crippen molar-refractivity contribution in [2.45, 2.75) is 13.5 Å². The molecule has 0 atom stereocenters. The van der Waals surface area contributed by atoms with Gasteiger partial charge in [-0.05, 0) is 72.3 Å². The van der Waals surface area contributed by atoms with Crippen LogP contribution in [0.4, 0.5) is 9.18 Å². The Morgan fingerprint density at radius 2 is 1.52 bits per heavy atom. The molecule has 0 spiro atoms. The summed E-state index contributed by atoms with van der Waals surface area (Å²) in [6.45, 7) is 2.76. The molecule has 0 saturated carbocycles. The van der Waals surface area contributed by atoms with Crippen molar-refractivity contribution < 1.29 is 23.5 Å². The summed E-state index contributed by atoms with van der Waals surface area (Å²) in [4.78, 5) is 26.4. The van der Waals surface area contributed by atoms with Gasteiger partial charge in [-0.1, -0.05) is 42.0 Å². The number of nitrogens with zero attached hydrogens (tertiary/aromatic N) is 1. The molecule has 7 heteroatoms. The van der Waals surface area contributed by atoms with Crippen molar-refractivity contribution in [2.24, 2.45) is 0 Å². The van der Waals surface area contributed by atoms with Gasteiger partial charge in [-0.25, -0.2) is 4.39 Å². The zero-order valence-electron chi connectivity index (χ0n) is 18.0. The van der Waals surface area contributed by atoms with Gasteiger partial charge in [-0.3, -0.25) is 14.5 Å². The van der Waals surface area contributed by atoms with E-state index in [1.54, 1.807) is 6.08 Å². The fourth-order valence-corrected chi connectivity index (χ4v) is 4.01. The van der Waals surface area contributed by atoms with Gasteiger partial charge in [-0.15, -0.1) is 0 Å². The molecule has 2 amide bonds. The average Bonchev–Trinajstić information content (AvgIpc) is 3.08. The Kier molecular flexibility index (Phi) is 7.10. The third-order valence-corrected chi connectivity index (χ3v) is 5.88. The number of aryl methyl sites for hydroxylation is 1. The molecular formula is C26H22FNO4S. The van der Waals surface area contributed by atoms with E-state index in [0.717, 1.165) is 33.5 Å². The summed E-state index contributed by atoms with van der Waals surface area (Å²) in [6, 6.07) is 21.1. The molecule has 0 radical (unpaired) electrons. The van der Waals surface area contributed by atoms with E-state index in [1.165, 1.54) is 29.8 Å². The van der Waals surface area contributed by atoms with Gasteiger partial charge in [-0.2, -0.15) is 0 Å². The molecule has 0 aliphatic carbocycles. The molecule has 0 unspecified atom stereocenters. The number of carbonyl (C=O) groups is 2. The van der Waals surface area contributed by atoms with E-state index in [2.05, 4.69) is 0 Å². The van der Waals surface area contributed by atoms with Gasteiger partial charge in [0.15, 0.2) is 0 Å². The first-order valence-electron chi connectivity index (χ1n) is 10.4. The van der Waals surface area contributed by atoms with Crippen LogP contribution in [0.1, 0.15) is 16.7 Å². The van der Waals surface area contributed by atoms with Crippen LogP contribution in [-0.4, -0.2) is 29.2 Å². The van der Waals surface area contributed by atoms with Crippen molar-refractivity contribution in [2.75, 3.05) is 13.2 Å². The molecule has 5 nitrogen and oxygen atoms in total. The Hall–Kier alpha value is -3.58. The van der Waals surface area contributed by atoms with Crippen LogP contribution in [0.15, 0.2) is 77.7 Å². The molecule has 0 aromatic heterocycles. The number of imide groups is 1. The summed E-state index contributed by atoms with van der Waals surface area (Å²) in [7, 11) is 0. The molecule has 1 fully saturated rings. The first kappa shape index (κ1) is 22.6. The van der Waals surface area contributed by atoms with Crippen molar-refractivity contribution >= 4 is 29.0 Å². The van der Waals surface area contributed by atoms with Crippen LogP contribution < -0.4 is 9.47 Å². The molecule has 1 aliphatic rings. The summed E-state index contributed by atoms with van der Waals surface area (Å²) in [5.74, 6) is 0.485. The van der Waals surface area contributed by atoms with Crippen molar-refractivity contribution in [1.29, 1.82) is 0 Å². The molecule has 1 saturated heterocycles. The van der Waals surface area contributed by atoms with E-state index in [4.69, 9.17) is 9.47 Å². The third-order valence-electron chi connectivity index (χ3n) is 4.97. The van der Waals surface area contributed by atoms with Gasteiger partial charge in [0.2, 0.25) is 0 Å². The molecular weight excluding hydrogens is 441 g/mol. The highest BCUT2D eigenvalue weighted by atomic mass is 32.2. The van der Waals surface area contributed by atoms with Crippen molar-refractivity contribution in [1.82, 2.24) is 4.90 Å². The minimum Gasteiger partial charge on any atom is -0.492 e. The standard InChI is InChI=1S/C26H22FNO4S/c1-18-2-4-20(5-3-18)17-32-23-10-6-19(7-11-23)16-24-25(29)28(26(30)33-24)14-15-31-22-12-8-21(27)9-13-22/h2-13,16H,14-15,17H2,1H3/b24-16-. The Bertz CT molecular complexity index is 1160. The Morgan fingerprint density at radius 1 is 0.879 bits per heavy atom. The first-order chi connectivity index (χ1) is 16.0. The van der Waals surface area contributed by atoms with Crippen LogP contribution in [0.3, 0.4) is 0 Å². The van der Waals surface area contributed by atoms with Crippen LogP contribution in [0.5, 0.6) is 11.5 Å². The van der Waals surface area contributed by atoms with E-state index in [1.807, 2.05) is 55.5 Å². The normalized spacial score (nSPS) is 14.7.